The highest BCUT2D eigenvalue weighted by Crippen LogP contribution is 2.27. The van der Waals surface area contributed by atoms with Crippen molar-refractivity contribution in [3.05, 3.63) is 47.5 Å². The van der Waals surface area contributed by atoms with Crippen molar-refractivity contribution in [3.63, 3.8) is 0 Å². The molecule has 34 heavy (non-hydrogen) atoms. The van der Waals surface area contributed by atoms with Gasteiger partial charge in [0.2, 0.25) is 0 Å². The first-order chi connectivity index (χ1) is 15.0. The molecule has 194 valence electrons. The third kappa shape index (κ3) is 11.8. The molecule has 0 aromatic heterocycles. The molecular weight excluding hydrogens is 564 g/mol. The van der Waals surface area contributed by atoms with E-state index in [1.54, 1.807) is 24.3 Å². The number of rotatable bonds is 13. The Morgan fingerprint density at radius 3 is 1.15 bits per heavy atom. The molecule has 0 unspecified atom stereocenters. The fourth-order valence-corrected chi connectivity index (χ4v) is 4.27. The first kappa shape index (κ1) is 32.5. The number of nitrogens with zero attached hydrogens (tertiary/aromatic N) is 2. The monoisotopic (exact) mass is 604 g/mol. The molecule has 0 fully saturated rings. The second kappa shape index (κ2) is 14.8. The van der Waals surface area contributed by atoms with Gasteiger partial charge in [0.1, 0.15) is 13.1 Å². The number of unbranched alkanes of at least 4 members (excludes halogenated alkanes) is 5. The van der Waals surface area contributed by atoms with Crippen molar-refractivity contribution in [2.75, 3.05) is 41.3 Å². The molecular formula is C26H42Br2N2O4. The van der Waals surface area contributed by atoms with Gasteiger partial charge in [0, 0.05) is 11.1 Å². The van der Waals surface area contributed by atoms with Gasteiger partial charge in [0.15, 0.2) is 23.0 Å². The zero-order valence-corrected chi connectivity index (χ0v) is 24.1. The third-order valence-corrected chi connectivity index (χ3v) is 6.08. The van der Waals surface area contributed by atoms with Crippen LogP contribution < -0.4 is 34.0 Å². The molecule has 8 heteroatoms. The molecule has 0 saturated carbocycles. The van der Waals surface area contributed by atoms with Crippen molar-refractivity contribution in [1.29, 1.82) is 0 Å². The fourth-order valence-electron chi connectivity index (χ4n) is 4.27. The highest BCUT2D eigenvalue weighted by molar-refractivity contribution is 5.40. The number of hydrogen-bond donors (Lipinski definition) is 4. The second-order valence-corrected chi connectivity index (χ2v) is 10.4. The van der Waals surface area contributed by atoms with Gasteiger partial charge in [0.25, 0.3) is 0 Å². The number of aromatic hydroxyl groups is 4. The lowest BCUT2D eigenvalue weighted by atomic mass is 10.1. The molecule has 0 aliphatic carbocycles. The van der Waals surface area contributed by atoms with Gasteiger partial charge in [-0.2, -0.15) is 0 Å². The lowest BCUT2D eigenvalue weighted by Gasteiger charge is -2.30. The molecule has 0 spiro atoms. The van der Waals surface area contributed by atoms with Gasteiger partial charge in [0.05, 0.1) is 41.3 Å². The van der Waals surface area contributed by atoms with Crippen molar-refractivity contribution in [2.45, 2.75) is 51.6 Å². The van der Waals surface area contributed by atoms with Crippen LogP contribution in [0.2, 0.25) is 0 Å². The number of quaternary nitrogens is 2. The normalized spacial score (nSPS) is 11.5. The summed E-state index contributed by atoms with van der Waals surface area (Å²) in [5.41, 5.74) is 2.07. The zero-order chi connectivity index (χ0) is 23.8. The van der Waals surface area contributed by atoms with Gasteiger partial charge < -0.3 is 63.4 Å². The molecule has 0 aliphatic rings. The first-order valence-corrected chi connectivity index (χ1v) is 11.6. The largest absolute Gasteiger partial charge is 1.00 e. The Bertz CT molecular complexity index is 804. The smallest absolute Gasteiger partial charge is 0.157 e. The Kier molecular flexibility index (Phi) is 14.2. The molecule has 0 atom stereocenters. The molecule has 6 nitrogen and oxygen atoms in total. The van der Waals surface area contributed by atoms with E-state index in [0.717, 1.165) is 46.3 Å². The Balaban J connectivity index is 0.00000544. The summed E-state index contributed by atoms with van der Waals surface area (Å²) in [4.78, 5) is 0. The van der Waals surface area contributed by atoms with E-state index in [-0.39, 0.29) is 57.0 Å². The van der Waals surface area contributed by atoms with E-state index >= 15 is 0 Å². The molecule has 2 rings (SSSR count). The minimum Gasteiger partial charge on any atom is -1.00 e. The summed E-state index contributed by atoms with van der Waals surface area (Å²) in [6.07, 6.45) is 7.32. The summed E-state index contributed by atoms with van der Waals surface area (Å²) in [6, 6.07) is 10.2. The van der Waals surface area contributed by atoms with Crippen molar-refractivity contribution in [3.8, 4) is 23.0 Å². The molecule has 4 N–H and O–H groups in total. The van der Waals surface area contributed by atoms with E-state index in [4.69, 9.17) is 0 Å². The van der Waals surface area contributed by atoms with Gasteiger partial charge in [-0.05, 0) is 62.1 Å². The highest BCUT2D eigenvalue weighted by Gasteiger charge is 2.18. The van der Waals surface area contributed by atoms with E-state index in [0.29, 0.717) is 0 Å². The summed E-state index contributed by atoms with van der Waals surface area (Å²) in [6.45, 7) is 3.84. The molecule has 0 amide bonds. The standard InChI is InChI=1S/C26H40N2O4.2BrH/c1-27(2,19-21-11-13-23(29)25(31)17-21)15-9-7-5-6-8-10-16-28(3,4)20-22-12-14-24(30)26(32)18-22;;/h11-14,17-18H,5-10,15-16,19-20H2,1-4H3,(H2-2,29,30,31,32);2*1H. The molecule has 0 radical (unpaired) electrons. The van der Waals surface area contributed by atoms with Gasteiger partial charge in [-0.25, -0.2) is 0 Å². The maximum Gasteiger partial charge on any atom is 0.157 e. The van der Waals surface area contributed by atoms with Crippen LogP contribution in [0.1, 0.15) is 49.7 Å². The summed E-state index contributed by atoms with van der Waals surface area (Å²) < 4.78 is 1.73. The van der Waals surface area contributed by atoms with Crippen molar-refractivity contribution < 1.29 is 63.4 Å². The average molecular weight is 606 g/mol. The Morgan fingerprint density at radius 2 is 0.824 bits per heavy atom. The van der Waals surface area contributed by atoms with E-state index < -0.39 is 0 Å². The van der Waals surface area contributed by atoms with E-state index in [1.807, 2.05) is 12.1 Å². The fraction of sp³-hybridized carbons (Fsp3) is 0.538. The van der Waals surface area contributed by atoms with Gasteiger partial charge in [-0.3, -0.25) is 0 Å². The van der Waals surface area contributed by atoms with Crippen molar-refractivity contribution in [2.24, 2.45) is 0 Å². The van der Waals surface area contributed by atoms with Crippen LogP contribution in [-0.4, -0.2) is 70.7 Å². The number of halogens is 2. The predicted octanol–water partition coefficient (Wildman–Crippen LogP) is -1.29. The molecule has 0 saturated heterocycles. The van der Waals surface area contributed by atoms with Crippen LogP contribution in [0, 0.1) is 0 Å². The molecule has 0 heterocycles. The third-order valence-electron chi connectivity index (χ3n) is 6.08. The number of benzene rings is 2. The summed E-state index contributed by atoms with van der Waals surface area (Å²) in [5.74, 6) is -0.238. The highest BCUT2D eigenvalue weighted by atomic mass is 79.9. The predicted molar refractivity (Wildman–Crippen MR) is 129 cm³/mol. The van der Waals surface area contributed by atoms with Gasteiger partial charge in [-0.15, -0.1) is 0 Å². The average Bonchev–Trinajstić information content (AvgIpc) is 2.69. The van der Waals surface area contributed by atoms with Gasteiger partial charge >= 0.3 is 0 Å². The number of hydrogen-bond acceptors (Lipinski definition) is 4. The van der Waals surface area contributed by atoms with E-state index in [9.17, 15) is 20.4 Å². The Hall–Kier alpha value is -1.48. The van der Waals surface area contributed by atoms with E-state index in [1.165, 1.54) is 38.5 Å². The van der Waals surface area contributed by atoms with Crippen LogP contribution in [0.25, 0.3) is 0 Å². The summed E-state index contributed by atoms with van der Waals surface area (Å²) in [7, 11) is 8.82. The minimum absolute atomic E-state index is 0. The van der Waals surface area contributed by atoms with Crippen LogP contribution >= 0.6 is 0 Å². The maximum absolute atomic E-state index is 9.68. The molecule has 0 bridgehead atoms. The summed E-state index contributed by atoms with van der Waals surface area (Å²) >= 11 is 0. The lowest BCUT2D eigenvalue weighted by Crippen LogP contribution is -3.00. The summed E-state index contributed by atoms with van der Waals surface area (Å²) in [5, 5.41) is 38.3. The van der Waals surface area contributed by atoms with Crippen molar-refractivity contribution >= 4 is 0 Å². The van der Waals surface area contributed by atoms with Crippen LogP contribution in [-0.2, 0) is 13.1 Å². The second-order valence-electron chi connectivity index (χ2n) is 10.4. The number of phenols is 4. The minimum atomic E-state index is -0.0686. The topological polar surface area (TPSA) is 80.9 Å². The van der Waals surface area contributed by atoms with E-state index in [2.05, 4.69) is 28.2 Å². The SMILES string of the molecule is C[N+](C)(CCCCCCCC[N+](C)(C)Cc1ccc(O)c(O)c1)Cc1ccc(O)c(O)c1.[Br-].[Br-]. The van der Waals surface area contributed by atoms with Gasteiger partial charge in [-0.1, -0.05) is 12.8 Å². The molecule has 0 aliphatic heterocycles. The molecule has 2 aromatic rings. The quantitative estimate of drug-likeness (QED) is 0.130. The van der Waals surface area contributed by atoms with Crippen LogP contribution in [0.15, 0.2) is 36.4 Å². The Morgan fingerprint density at radius 1 is 0.500 bits per heavy atom. The lowest BCUT2D eigenvalue weighted by molar-refractivity contribution is -0.903. The number of phenolic OH excluding ortho intramolecular Hbond substituents is 4. The Labute approximate surface area is 226 Å². The van der Waals surface area contributed by atoms with Crippen LogP contribution in [0.3, 0.4) is 0 Å². The maximum atomic E-state index is 9.68. The van der Waals surface area contributed by atoms with Crippen molar-refractivity contribution in [1.82, 2.24) is 0 Å². The zero-order valence-electron chi connectivity index (χ0n) is 21.0. The van der Waals surface area contributed by atoms with Crippen LogP contribution in [0.5, 0.6) is 23.0 Å². The molecule has 2 aromatic carbocycles. The van der Waals surface area contributed by atoms with Crippen LogP contribution in [0.4, 0.5) is 0 Å². The first-order valence-electron chi connectivity index (χ1n) is 11.6.